The molecule has 1 aromatic heterocycles. The van der Waals surface area contributed by atoms with E-state index >= 15 is 4.39 Å². The molecular formula is C21H24ClFN4O4S. The van der Waals surface area contributed by atoms with Gasteiger partial charge in [0.15, 0.2) is 0 Å². The number of pyridine rings is 1. The number of hydrogen-bond donors (Lipinski definition) is 1. The molecule has 4 bridgehead atoms. The Morgan fingerprint density at radius 2 is 2.09 bits per heavy atom. The van der Waals surface area contributed by atoms with Gasteiger partial charge in [-0.3, -0.25) is 0 Å². The Hall–Kier alpha value is -2.43. The van der Waals surface area contributed by atoms with E-state index < -0.39 is 34.3 Å². The first-order chi connectivity index (χ1) is 15.2. The number of sulfonamides is 1. The van der Waals surface area contributed by atoms with E-state index in [0.29, 0.717) is 16.5 Å². The smallest absolute Gasteiger partial charge is 0.320 e. The number of carbonyl (C=O) groups excluding carboxylic acids is 1. The average molecular weight is 483 g/mol. The number of fused-ring (bicyclic) bond motifs is 5. The minimum absolute atomic E-state index is 0.148. The molecule has 3 heterocycles. The average Bonchev–Trinajstić information content (AvgIpc) is 3.04. The van der Waals surface area contributed by atoms with Crippen molar-refractivity contribution in [3.8, 4) is 11.6 Å². The van der Waals surface area contributed by atoms with E-state index in [1.807, 2.05) is 6.07 Å². The number of hydrogen-bond acceptors (Lipinski definition) is 5. The molecule has 1 fully saturated rings. The van der Waals surface area contributed by atoms with Gasteiger partial charge in [0, 0.05) is 7.05 Å². The second kappa shape index (κ2) is 8.84. The molecule has 1 N–H and O–H groups in total. The molecule has 0 spiro atoms. The van der Waals surface area contributed by atoms with Crippen LogP contribution in [0.25, 0.3) is 0 Å². The van der Waals surface area contributed by atoms with Crippen molar-refractivity contribution in [1.29, 1.82) is 0 Å². The number of ether oxygens (including phenoxy) is 1. The van der Waals surface area contributed by atoms with Gasteiger partial charge in [-0.2, -0.15) is 0 Å². The lowest BCUT2D eigenvalue weighted by atomic mass is 10.00. The molecule has 3 atom stereocenters. The van der Waals surface area contributed by atoms with Crippen molar-refractivity contribution < 1.29 is 22.3 Å². The van der Waals surface area contributed by atoms with Gasteiger partial charge in [-0.05, 0) is 43.2 Å². The summed E-state index contributed by atoms with van der Waals surface area (Å²) in [5.74, 6) is 0.529. The number of benzene rings is 1. The normalized spacial score (nSPS) is 23.6. The predicted octanol–water partition coefficient (Wildman–Crippen LogP) is 2.97. The summed E-state index contributed by atoms with van der Waals surface area (Å²) in [7, 11) is -2.09. The minimum Gasteiger partial charge on any atom is -0.438 e. The zero-order valence-electron chi connectivity index (χ0n) is 17.7. The van der Waals surface area contributed by atoms with Crippen molar-refractivity contribution in [2.45, 2.75) is 38.1 Å². The summed E-state index contributed by atoms with van der Waals surface area (Å²) in [4.78, 5) is 20.5. The zero-order valence-corrected chi connectivity index (χ0v) is 19.2. The third-order valence-electron chi connectivity index (χ3n) is 5.67. The Morgan fingerprint density at radius 1 is 1.31 bits per heavy atom. The Labute approximate surface area is 191 Å². The number of alkyl halides is 1. The van der Waals surface area contributed by atoms with Crippen molar-refractivity contribution in [1.82, 2.24) is 19.5 Å². The van der Waals surface area contributed by atoms with Crippen molar-refractivity contribution in [2.24, 2.45) is 0 Å². The first kappa shape index (κ1) is 22.8. The molecular weight excluding hydrogens is 459 g/mol. The van der Waals surface area contributed by atoms with E-state index in [1.165, 1.54) is 16.7 Å². The molecule has 0 saturated carbocycles. The van der Waals surface area contributed by atoms with Crippen LogP contribution in [-0.4, -0.2) is 66.8 Å². The van der Waals surface area contributed by atoms with Crippen molar-refractivity contribution in [3.63, 3.8) is 0 Å². The fourth-order valence-electron chi connectivity index (χ4n) is 4.01. The lowest BCUT2D eigenvalue weighted by Gasteiger charge is -2.31. The van der Waals surface area contributed by atoms with Gasteiger partial charge >= 0.3 is 6.03 Å². The van der Waals surface area contributed by atoms with Gasteiger partial charge < -0.3 is 14.5 Å². The lowest BCUT2D eigenvalue weighted by molar-refractivity contribution is 0.151. The van der Waals surface area contributed by atoms with Crippen LogP contribution in [0.2, 0.25) is 5.02 Å². The van der Waals surface area contributed by atoms with Crippen LogP contribution in [0.1, 0.15) is 18.2 Å². The van der Waals surface area contributed by atoms with E-state index in [4.69, 9.17) is 16.3 Å². The van der Waals surface area contributed by atoms with Gasteiger partial charge in [-0.1, -0.05) is 23.7 Å². The van der Waals surface area contributed by atoms with Crippen LogP contribution in [0.15, 0.2) is 36.4 Å². The maximum atomic E-state index is 15.1. The van der Waals surface area contributed by atoms with E-state index in [-0.39, 0.29) is 31.1 Å². The van der Waals surface area contributed by atoms with Gasteiger partial charge in [-0.25, -0.2) is 27.3 Å². The number of aromatic nitrogens is 1. The zero-order chi connectivity index (χ0) is 23.0. The summed E-state index contributed by atoms with van der Waals surface area (Å²) >= 11 is 6.24. The maximum absolute atomic E-state index is 15.1. The quantitative estimate of drug-likeness (QED) is 0.726. The summed E-state index contributed by atoms with van der Waals surface area (Å²) in [6.07, 6.45) is -1.29. The van der Waals surface area contributed by atoms with Crippen LogP contribution >= 0.6 is 11.6 Å². The third-order valence-corrected chi connectivity index (χ3v) is 7.35. The van der Waals surface area contributed by atoms with Gasteiger partial charge in [0.05, 0.1) is 36.6 Å². The molecule has 8 nitrogen and oxygen atoms in total. The first-order valence-corrected chi connectivity index (χ1v) is 12.3. The fraction of sp³-hybridized carbons (Fsp3) is 0.429. The Morgan fingerprint density at radius 3 is 2.84 bits per heavy atom. The number of urea groups is 1. The molecule has 2 amide bonds. The number of carbonyl (C=O) groups is 1. The summed E-state index contributed by atoms with van der Waals surface area (Å²) in [5, 5.41) is 0.331. The molecule has 172 valence electrons. The van der Waals surface area contributed by atoms with Crippen LogP contribution in [0, 0.1) is 0 Å². The number of amides is 2. The number of halogens is 2. The highest BCUT2D eigenvalue weighted by Crippen LogP contribution is 2.31. The van der Waals surface area contributed by atoms with Crippen molar-refractivity contribution >= 4 is 27.7 Å². The molecule has 0 unspecified atom stereocenters. The SMILES string of the molecule is CCS(=O)(=O)N[C@H]1[C@@H](F)CN2C(=O)N(C)Cc3ccc(Cl)c(n3)Oc3cccc(c3)C[C@@H]12. The van der Waals surface area contributed by atoms with Gasteiger partial charge in [-0.15, -0.1) is 0 Å². The molecule has 2 aliphatic rings. The second-order valence-electron chi connectivity index (χ2n) is 7.96. The Kier molecular flexibility index (Phi) is 6.28. The molecule has 2 aliphatic heterocycles. The fourth-order valence-corrected chi connectivity index (χ4v) is 5.04. The lowest BCUT2D eigenvalue weighted by Crippen LogP contribution is -2.51. The van der Waals surface area contributed by atoms with Crippen LogP contribution in [-0.2, 0) is 23.0 Å². The molecule has 4 rings (SSSR count). The summed E-state index contributed by atoms with van der Waals surface area (Å²) in [6.45, 7) is 1.42. The Balaban J connectivity index is 1.77. The standard InChI is InChI=1S/C21H24ClFN4O4S/c1-3-32(29,30)25-19-17(23)12-27-18(19)10-13-5-4-6-15(9-13)31-20-16(22)8-7-14(24-20)11-26(2)21(27)28/h4-9,17-19,25H,3,10-12H2,1-2H3/t17-,18-,19-/m0/s1. The van der Waals surface area contributed by atoms with Crippen LogP contribution in [0.5, 0.6) is 11.6 Å². The summed E-state index contributed by atoms with van der Waals surface area (Å²) in [6, 6.07) is 8.25. The van der Waals surface area contributed by atoms with Gasteiger partial charge in [0.1, 0.15) is 16.9 Å². The maximum Gasteiger partial charge on any atom is 0.320 e. The number of nitrogens with one attached hydrogen (secondary N) is 1. The molecule has 0 aliphatic carbocycles. The van der Waals surface area contributed by atoms with Crippen molar-refractivity contribution in [3.05, 3.63) is 52.7 Å². The topological polar surface area (TPSA) is 91.8 Å². The van der Waals surface area contributed by atoms with Crippen LogP contribution in [0.4, 0.5) is 9.18 Å². The first-order valence-electron chi connectivity index (χ1n) is 10.2. The number of rotatable bonds is 3. The highest BCUT2D eigenvalue weighted by Gasteiger charge is 2.46. The van der Waals surface area contributed by atoms with Crippen molar-refractivity contribution in [2.75, 3.05) is 19.3 Å². The monoisotopic (exact) mass is 482 g/mol. The number of nitrogens with zero attached hydrogens (tertiary/aromatic N) is 3. The highest BCUT2D eigenvalue weighted by atomic mass is 35.5. The largest absolute Gasteiger partial charge is 0.438 e. The van der Waals surface area contributed by atoms with Crippen LogP contribution < -0.4 is 9.46 Å². The molecule has 2 aromatic rings. The second-order valence-corrected chi connectivity index (χ2v) is 10.4. The Bertz CT molecular complexity index is 1130. The summed E-state index contributed by atoms with van der Waals surface area (Å²) in [5.41, 5.74) is 1.31. The van der Waals surface area contributed by atoms with E-state index in [0.717, 1.165) is 5.56 Å². The molecule has 0 radical (unpaired) electrons. The van der Waals surface area contributed by atoms with E-state index in [2.05, 4.69) is 9.71 Å². The van der Waals surface area contributed by atoms with Gasteiger partial charge in [0.25, 0.3) is 0 Å². The predicted molar refractivity (Wildman–Crippen MR) is 118 cm³/mol. The molecule has 32 heavy (non-hydrogen) atoms. The molecule has 1 saturated heterocycles. The molecule has 1 aromatic carbocycles. The van der Waals surface area contributed by atoms with Crippen LogP contribution in [0.3, 0.4) is 0 Å². The molecule has 11 heteroatoms. The third kappa shape index (κ3) is 4.67. The highest BCUT2D eigenvalue weighted by molar-refractivity contribution is 7.89. The van der Waals surface area contributed by atoms with E-state index in [1.54, 1.807) is 37.4 Å². The van der Waals surface area contributed by atoms with E-state index in [9.17, 15) is 13.2 Å². The minimum atomic E-state index is -3.68. The van der Waals surface area contributed by atoms with Gasteiger partial charge in [0.2, 0.25) is 15.9 Å². The summed E-state index contributed by atoms with van der Waals surface area (Å²) < 4.78 is 47.8.